The summed E-state index contributed by atoms with van der Waals surface area (Å²) in [5.74, 6) is 5.88. The minimum Gasteiger partial charge on any atom is -0.486 e. The number of carbonyl (C=O) groups is 1. The van der Waals surface area contributed by atoms with Gasteiger partial charge in [-0.1, -0.05) is 38.0 Å². The monoisotopic (exact) mass is 404 g/mol. The molecule has 0 amide bonds. The first-order valence-electron chi connectivity index (χ1n) is 10.2. The van der Waals surface area contributed by atoms with Gasteiger partial charge in [0.1, 0.15) is 11.9 Å². The zero-order chi connectivity index (χ0) is 21.7. The predicted octanol–water partition coefficient (Wildman–Crippen LogP) is 5.48. The van der Waals surface area contributed by atoms with Crippen molar-refractivity contribution in [3.05, 3.63) is 59.3 Å². The van der Waals surface area contributed by atoms with Crippen LogP contribution >= 0.6 is 0 Å². The molecule has 0 radical (unpaired) electrons. The van der Waals surface area contributed by atoms with Crippen molar-refractivity contribution in [2.45, 2.75) is 52.6 Å². The number of ether oxygens (including phenoxy) is 1. The van der Waals surface area contributed by atoms with Gasteiger partial charge in [0.25, 0.3) is 0 Å². The van der Waals surface area contributed by atoms with Gasteiger partial charge in [0, 0.05) is 5.39 Å². The van der Waals surface area contributed by atoms with Crippen molar-refractivity contribution in [3.63, 3.8) is 0 Å². The summed E-state index contributed by atoms with van der Waals surface area (Å²) in [4.78, 5) is 11.1. The highest BCUT2D eigenvalue weighted by atomic mass is 16.5. The molecule has 156 valence electrons. The Labute approximate surface area is 177 Å². The molecule has 0 fully saturated rings. The van der Waals surface area contributed by atoms with Crippen molar-refractivity contribution < 1.29 is 14.6 Å². The van der Waals surface area contributed by atoms with Crippen molar-refractivity contribution in [1.29, 1.82) is 0 Å². The highest BCUT2D eigenvalue weighted by Gasteiger charge is 2.15. The van der Waals surface area contributed by atoms with Gasteiger partial charge in [-0.15, -0.1) is 5.92 Å². The summed E-state index contributed by atoms with van der Waals surface area (Å²) in [5, 5.41) is 17.8. The molecule has 0 saturated carbocycles. The fraction of sp³-hybridized carbons (Fsp3) is 0.360. The minimum absolute atomic E-state index is 0.0130. The summed E-state index contributed by atoms with van der Waals surface area (Å²) in [6, 6.07) is 13.8. The number of aliphatic carboxylic acids is 1. The molecule has 0 aliphatic heterocycles. The second-order valence-electron chi connectivity index (χ2n) is 7.95. The van der Waals surface area contributed by atoms with E-state index in [1.807, 2.05) is 37.3 Å². The average Bonchev–Trinajstić information content (AvgIpc) is 3.09. The molecule has 0 spiro atoms. The summed E-state index contributed by atoms with van der Waals surface area (Å²) in [6.07, 6.45) is 0.784. The van der Waals surface area contributed by atoms with Crippen molar-refractivity contribution in [1.82, 2.24) is 10.2 Å². The summed E-state index contributed by atoms with van der Waals surface area (Å²) in [6.45, 7) is 8.12. The van der Waals surface area contributed by atoms with E-state index in [0.717, 1.165) is 39.9 Å². The van der Waals surface area contributed by atoms with Gasteiger partial charge in [0.15, 0.2) is 0 Å². The predicted molar refractivity (Wildman–Crippen MR) is 119 cm³/mol. The second kappa shape index (κ2) is 9.49. The number of fused-ring (bicyclic) bond motifs is 1. The van der Waals surface area contributed by atoms with E-state index in [9.17, 15) is 4.79 Å². The Balaban J connectivity index is 1.76. The fourth-order valence-electron chi connectivity index (χ4n) is 3.53. The van der Waals surface area contributed by atoms with Gasteiger partial charge in [-0.2, -0.15) is 5.10 Å². The number of aromatic amines is 1. The Morgan fingerprint density at radius 2 is 1.83 bits per heavy atom. The number of aromatic nitrogens is 2. The summed E-state index contributed by atoms with van der Waals surface area (Å²) >= 11 is 0. The number of benzene rings is 2. The zero-order valence-corrected chi connectivity index (χ0v) is 17.9. The number of H-pyrrole nitrogens is 1. The molecule has 5 nitrogen and oxygen atoms in total. The van der Waals surface area contributed by atoms with Crippen LogP contribution in [0.1, 0.15) is 63.0 Å². The van der Waals surface area contributed by atoms with Crippen LogP contribution in [-0.4, -0.2) is 21.3 Å². The quantitative estimate of drug-likeness (QED) is 0.487. The van der Waals surface area contributed by atoms with E-state index >= 15 is 0 Å². The SMILES string of the molecule is CC#CC(CC(=O)O)c1ccc(OC(C)c2ccc3[nH]nc(CC(C)C)c3c2)cc1. The number of hydrogen-bond donors (Lipinski definition) is 2. The molecule has 0 bridgehead atoms. The maximum Gasteiger partial charge on any atom is 0.304 e. The zero-order valence-electron chi connectivity index (χ0n) is 17.9. The first-order chi connectivity index (χ1) is 14.4. The molecular formula is C25H28N2O3. The maximum atomic E-state index is 11.1. The molecule has 0 aliphatic carbocycles. The van der Waals surface area contributed by atoms with Crippen LogP contribution in [0.15, 0.2) is 42.5 Å². The summed E-state index contributed by atoms with van der Waals surface area (Å²) in [5.41, 5.74) is 4.08. The third-order valence-corrected chi connectivity index (χ3v) is 5.03. The Hall–Kier alpha value is -3.26. The Morgan fingerprint density at radius 1 is 1.13 bits per heavy atom. The molecule has 1 aromatic heterocycles. The highest BCUT2D eigenvalue weighted by Crippen LogP contribution is 2.28. The lowest BCUT2D eigenvalue weighted by atomic mass is 9.96. The molecule has 2 aromatic carbocycles. The van der Waals surface area contributed by atoms with Crippen LogP contribution in [-0.2, 0) is 11.2 Å². The second-order valence-corrected chi connectivity index (χ2v) is 7.95. The summed E-state index contributed by atoms with van der Waals surface area (Å²) < 4.78 is 6.14. The largest absolute Gasteiger partial charge is 0.486 e. The van der Waals surface area contributed by atoms with Crippen molar-refractivity contribution in [2.75, 3.05) is 0 Å². The van der Waals surface area contributed by atoms with E-state index in [0.29, 0.717) is 5.92 Å². The standard InChI is InChI=1S/C25H28N2O3/c1-5-6-20(15-25(28)29)18-7-10-21(11-8-18)30-17(4)19-9-12-23-22(14-19)24(27-26-23)13-16(2)3/h7-12,14,16-17,20H,13,15H2,1-4H3,(H,26,27)(H,28,29). The molecule has 5 heteroatoms. The molecule has 1 heterocycles. The van der Waals surface area contributed by atoms with Crippen LogP contribution in [0.3, 0.4) is 0 Å². The molecule has 3 rings (SSSR count). The van der Waals surface area contributed by atoms with Gasteiger partial charge < -0.3 is 9.84 Å². The lowest BCUT2D eigenvalue weighted by molar-refractivity contribution is -0.137. The first kappa shape index (κ1) is 21.4. The number of carboxylic acid groups (broad SMARTS) is 1. The van der Waals surface area contributed by atoms with E-state index < -0.39 is 5.97 Å². The van der Waals surface area contributed by atoms with Crippen LogP contribution in [0.4, 0.5) is 0 Å². The highest BCUT2D eigenvalue weighted by molar-refractivity contribution is 5.82. The molecule has 0 aliphatic rings. The van der Waals surface area contributed by atoms with Crippen molar-refractivity contribution in [3.8, 4) is 17.6 Å². The smallest absolute Gasteiger partial charge is 0.304 e. The number of nitrogens with one attached hydrogen (secondary N) is 1. The van der Waals surface area contributed by atoms with Gasteiger partial charge in [-0.3, -0.25) is 9.89 Å². The van der Waals surface area contributed by atoms with Crippen LogP contribution in [0.25, 0.3) is 10.9 Å². The van der Waals surface area contributed by atoms with Gasteiger partial charge in [-0.25, -0.2) is 0 Å². The number of rotatable bonds is 8. The van der Waals surface area contributed by atoms with Crippen LogP contribution in [0.5, 0.6) is 5.75 Å². The molecule has 2 atom stereocenters. The van der Waals surface area contributed by atoms with Crippen LogP contribution in [0.2, 0.25) is 0 Å². The number of carboxylic acids is 1. The number of hydrogen-bond acceptors (Lipinski definition) is 3. The Morgan fingerprint density at radius 3 is 2.47 bits per heavy atom. The lowest BCUT2D eigenvalue weighted by Gasteiger charge is -2.16. The first-order valence-corrected chi connectivity index (χ1v) is 10.2. The van der Waals surface area contributed by atoms with E-state index in [2.05, 4.69) is 48.0 Å². The number of nitrogens with zero attached hydrogens (tertiary/aromatic N) is 1. The Kier molecular flexibility index (Phi) is 6.79. The molecule has 0 saturated heterocycles. The summed E-state index contributed by atoms with van der Waals surface area (Å²) in [7, 11) is 0. The molecule has 2 N–H and O–H groups in total. The lowest BCUT2D eigenvalue weighted by Crippen LogP contribution is -2.05. The van der Waals surface area contributed by atoms with Gasteiger partial charge in [0.2, 0.25) is 0 Å². The minimum atomic E-state index is -0.858. The van der Waals surface area contributed by atoms with Gasteiger partial charge in [0.05, 0.1) is 23.5 Å². The molecule has 2 unspecified atom stereocenters. The van der Waals surface area contributed by atoms with Gasteiger partial charge in [-0.05, 0) is 61.6 Å². The average molecular weight is 405 g/mol. The van der Waals surface area contributed by atoms with Crippen LogP contribution in [0, 0.1) is 17.8 Å². The third kappa shape index (κ3) is 5.21. The fourth-order valence-corrected chi connectivity index (χ4v) is 3.53. The topological polar surface area (TPSA) is 75.2 Å². The maximum absolute atomic E-state index is 11.1. The Bertz CT molecular complexity index is 1070. The van der Waals surface area contributed by atoms with E-state index in [1.54, 1.807) is 6.92 Å². The van der Waals surface area contributed by atoms with Crippen molar-refractivity contribution >= 4 is 16.9 Å². The van der Waals surface area contributed by atoms with Crippen LogP contribution < -0.4 is 4.74 Å². The third-order valence-electron chi connectivity index (χ3n) is 5.03. The normalized spacial score (nSPS) is 13.0. The van der Waals surface area contributed by atoms with Crippen molar-refractivity contribution in [2.24, 2.45) is 5.92 Å². The van der Waals surface area contributed by atoms with E-state index in [4.69, 9.17) is 9.84 Å². The molecule has 3 aromatic rings. The van der Waals surface area contributed by atoms with E-state index in [1.165, 1.54) is 0 Å². The molecular weight excluding hydrogens is 376 g/mol. The van der Waals surface area contributed by atoms with Gasteiger partial charge >= 0.3 is 5.97 Å². The van der Waals surface area contributed by atoms with E-state index in [-0.39, 0.29) is 18.4 Å². The molecule has 30 heavy (non-hydrogen) atoms.